The monoisotopic (exact) mass is 450 g/mol. The molecule has 1 aromatic rings. The Hall–Kier alpha value is -2.13. The van der Waals surface area contributed by atoms with Crippen LogP contribution in [0.5, 0.6) is 0 Å². The Kier molecular flexibility index (Phi) is 8.31. The lowest BCUT2D eigenvalue weighted by Gasteiger charge is -2.37. The summed E-state index contributed by atoms with van der Waals surface area (Å²) in [4.78, 5) is 26.9. The van der Waals surface area contributed by atoms with Crippen LogP contribution < -0.4 is 10.6 Å². The van der Waals surface area contributed by atoms with Crippen molar-refractivity contribution in [3.8, 4) is 0 Å². The number of piperidine rings is 2. The van der Waals surface area contributed by atoms with Gasteiger partial charge in [0.15, 0.2) is 0 Å². The van der Waals surface area contributed by atoms with Gasteiger partial charge in [0.1, 0.15) is 0 Å². The molecule has 3 amide bonds. The highest BCUT2D eigenvalue weighted by molar-refractivity contribution is 7.89. The molecule has 0 spiro atoms. The number of amides is 3. The van der Waals surface area contributed by atoms with Crippen molar-refractivity contribution in [1.82, 2.24) is 14.5 Å². The number of likely N-dealkylation sites (tertiary alicyclic amines) is 1. The lowest BCUT2D eigenvalue weighted by Crippen LogP contribution is -2.50. The third kappa shape index (κ3) is 6.67. The van der Waals surface area contributed by atoms with Crippen LogP contribution >= 0.6 is 0 Å². The highest BCUT2D eigenvalue weighted by atomic mass is 32.2. The lowest BCUT2D eigenvalue weighted by atomic mass is 9.95. The molecule has 2 fully saturated rings. The van der Waals surface area contributed by atoms with E-state index in [-0.39, 0.29) is 29.7 Å². The van der Waals surface area contributed by atoms with E-state index in [4.69, 9.17) is 0 Å². The third-order valence-electron chi connectivity index (χ3n) is 6.13. The SMILES string of the molecule is CCCCS(=O)(=O)N1CCC(C(=O)N2CCC(NC(=O)Nc3ccccc3)CC2)CC1. The number of nitrogens with one attached hydrogen (secondary N) is 2. The van der Waals surface area contributed by atoms with E-state index in [1.165, 1.54) is 0 Å². The lowest BCUT2D eigenvalue weighted by molar-refractivity contribution is -0.137. The molecule has 8 nitrogen and oxygen atoms in total. The van der Waals surface area contributed by atoms with Gasteiger partial charge in [0.25, 0.3) is 0 Å². The molecule has 3 rings (SSSR count). The van der Waals surface area contributed by atoms with Gasteiger partial charge in [-0.3, -0.25) is 4.79 Å². The van der Waals surface area contributed by atoms with Gasteiger partial charge in [0, 0.05) is 43.8 Å². The van der Waals surface area contributed by atoms with Crippen molar-refractivity contribution in [2.75, 3.05) is 37.2 Å². The Morgan fingerprint density at radius 2 is 1.65 bits per heavy atom. The molecule has 2 saturated heterocycles. The van der Waals surface area contributed by atoms with Crippen molar-refractivity contribution < 1.29 is 18.0 Å². The fourth-order valence-electron chi connectivity index (χ4n) is 4.21. The number of anilines is 1. The van der Waals surface area contributed by atoms with E-state index < -0.39 is 10.0 Å². The number of carbonyl (C=O) groups is 2. The Morgan fingerprint density at radius 1 is 1.00 bits per heavy atom. The maximum atomic E-state index is 12.9. The molecule has 31 heavy (non-hydrogen) atoms. The van der Waals surface area contributed by atoms with Crippen molar-refractivity contribution in [3.05, 3.63) is 30.3 Å². The van der Waals surface area contributed by atoms with Crippen molar-refractivity contribution >= 4 is 27.6 Å². The van der Waals surface area contributed by atoms with Crippen LogP contribution in [0.25, 0.3) is 0 Å². The second-order valence-corrected chi connectivity index (χ2v) is 10.5. The van der Waals surface area contributed by atoms with Gasteiger partial charge in [-0.15, -0.1) is 0 Å². The van der Waals surface area contributed by atoms with Crippen LogP contribution in [0.1, 0.15) is 45.4 Å². The van der Waals surface area contributed by atoms with Crippen LogP contribution in [0, 0.1) is 5.92 Å². The van der Waals surface area contributed by atoms with E-state index >= 15 is 0 Å². The zero-order valence-corrected chi connectivity index (χ0v) is 19.1. The summed E-state index contributed by atoms with van der Waals surface area (Å²) >= 11 is 0. The van der Waals surface area contributed by atoms with E-state index in [9.17, 15) is 18.0 Å². The number of rotatable bonds is 7. The van der Waals surface area contributed by atoms with Gasteiger partial charge < -0.3 is 15.5 Å². The highest BCUT2D eigenvalue weighted by Gasteiger charge is 2.34. The third-order valence-corrected chi connectivity index (χ3v) is 8.08. The summed E-state index contributed by atoms with van der Waals surface area (Å²) in [5, 5.41) is 5.80. The van der Waals surface area contributed by atoms with Crippen LogP contribution in [-0.2, 0) is 14.8 Å². The summed E-state index contributed by atoms with van der Waals surface area (Å²) in [5.41, 5.74) is 0.746. The Labute approximate surface area is 185 Å². The first-order valence-corrected chi connectivity index (χ1v) is 12.9. The fourth-order valence-corrected chi connectivity index (χ4v) is 5.89. The minimum absolute atomic E-state index is 0.0401. The molecule has 0 saturated carbocycles. The second-order valence-electron chi connectivity index (χ2n) is 8.41. The molecular weight excluding hydrogens is 416 g/mol. The Bertz CT molecular complexity index is 830. The summed E-state index contributed by atoms with van der Waals surface area (Å²) in [5.74, 6) is 0.210. The fraction of sp³-hybridized carbons (Fsp3) is 0.636. The number of para-hydroxylation sites is 1. The Balaban J connectivity index is 1.40. The molecule has 0 aliphatic carbocycles. The van der Waals surface area contributed by atoms with Crippen LogP contribution in [0.3, 0.4) is 0 Å². The molecule has 2 aliphatic rings. The van der Waals surface area contributed by atoms with Crippen LogP contribution in [0.15, 0.2) is 30.3 Å². The average molecular weight is 451 g/mol. The summed E-state index contributed by atoms with van der Waals surface area (Å²) < 4.78 is 26.3. The van der Waals surface area contributed by atoms with E-state index in [2.05, 4.69) is 10.6 Å². The molecule has 2 N–H and O–H groups in total. The van der Waals surface area contributed by atoms with Gasteiger partial charge in [-0.25, -0.2) is 17.5 Å². The minimum atomic E-state index is -3.20. The van der Waals surface area contributed by atoms with Gasteiger partial charge >= 0.3 is 6.03 Å². The first-order valence-electron chi connectivity index (χ1n) is 11.3. The predicted molar refractivity (Wildman–Crippen MR) is 121 cm³/mol. The molecule has 0 unspecified atom stereocenters. The maximum Gasteiger partial charge on any atom is 0.319 e. The molecule has 1 aromatic carbocycles. The van der Waals surface area contributed by atoms with E-state index in [0.717, 1.165) is 24.9 Å². The van der Waals surface area contributed by atoms with Gasteiger partial charge in [-0.05, 0) is 44.2 Å². The minimum Gasteiger partial charge on any atom is -0.342 e. The number of hydrogen-bond acceptors (Lipinski definition) is 4. The summed E-state index contributed by atoms with van der Waals surface area (Å²) in [6.45, 7) is 4.07. The standard InChI is InChI=1S/C22H34N4O4S/c1-2-3-17-31(29,30)26-15-9-18(10-16-26)21(27)25-13-11-20(12-14-25)24-22(28)23-19-7-5-4-6-8-19/h4-8,18,20H,2-3,9-17H2,1H3,(H2,23,24,28). The normalized spacial score (nSPS) is 19.2. The van der Waals surface area contributed by atoms with Gasteiger partial charge in [0.2, 0.25) is 15.9 Å². The van der Waals surface area contributed by atoms with Crippen molar-refractivity contribution in [3.63, 3.8) is 0 Å². The smallest absolute Gasteiger partial charge is 0.319 e. The molecule has 0 bridgehead atoms. The van der Waals surface area contributed by atoms with Crippen LogP contribution in [-0.4, -0.2) is 67.5 Å². The molecular formula is C22H34N4O4S. The maximum absolute atomic E-state index is 12.9. The molecule has 2 heterocycles. The highest BCUT2D eigenvalue weighted by Crippen LogP contribution is 2.24. The molecule has 172 valence electrons. The zero-order valence-electron chi connectivity index (χ0n) is 18.3. The van der Waals surface area contributed by atoms with Crippen molar-refractivity contribution in [1.29, 1.82) is 0 Å². The summed E-state index contributed by atoms with van der Waals surface area (Å²) in [6, 6.07) is 9.11. The van der Waals surface area contributed by atoms with Gasteiger partial charge in [0.05, 0.1) is 5.75 Å². The number of urea groups is 1. The number of hydrogen-bond donors (Lipinski definition) is 2. The van der Waals surface area contributed by atoms with Gasteiger partial charge in [-0.2, -0.15) is 0 Å². The van der Waals surface area contributed by atoms with E-state index in [0.29, 0.717) is 45.4 Å². The zero-order chi connectivity index (χ0) is 22.3. The predicted octanol–water partition coefficient (Wildman–Crippen LogP) is 2.64. The molecule has 0 atom stereocenters. The van der Waals surface area contributed by atoms with Crippen LogP contribution in [0.2, 0.25) is 0 Å². The second kappa shape index (κ2) is 10.9. The first kappa shape index (κ1) is 23.5. The molecule has 2 aliphatic heterocycles. The van der Waals surface area contributed by atoms with E-state index in [1.54, 1.807) is 4.31 Å². The number of nitrogens with zero attached hydrogens (tertiary/aromatic N) is 2. The Morgan fingerprint density at radius 3 is 2.26 bits per heavy atom. The van der Waals surface area contributed by atoms with Gasteiger partial charge in [-0.1, -0.05) is 31.5 Å². The van der Waals surface area contributed by atoms with Crippen LogP contribution in [0.4, 0.5) is 10.5 Å². The molecule has 9 heteroatoms. The average Bonchev–Trinajstić information content (AvgIpc) is 2.78. The first-order chi connectivity index (χ1) is 14.9. The summed E-state index contributed by atoms with van der Waals surface area (Å²) in [7, 11) is -3.20. The largest absolute Gasteiger partial charge is 0.342 e. The molecule has 0 aromatic heterocycles. The quantitative estimate of drug-likeness (QED) is 0.667. The number of carbonyl (C=O) groups excluding carboxylic acids is 2. The molecule has 0 radical (unpaired) electrons. The van der Waals surface area contributed by atoms with Crippen molar-refractivity contribution in [2.24, 2.45) is 5.92 Å². The number of unbranched alkanes of at least 4 members (excludes halogenated alkanes) is 1. The number of benzene rings is 1. The number of sulfonamides is 1. The van der Waals surface area contributed by atoms with E-state index in [1.807, 2.05) is 42.2 Å². The topological polar surface area (TPSA) is 98.8 Å². The summed E-state index contributed by atoms with van der Waals surface area (Å²) in [6.07, 6.45) is 4.14. The van der Waals surface area contributed by atoms with Crippen molar-refractivity contribution in [2.45, 2.75) is 51.5 Å².